The number of nitrogen functional groups attached to an aromatic ring is 1. The summed E-state index contributed by atoms with van der Waals surface area (Å²) in [6.45, 7) is -0.510. The van der Waals surface area contributed by atoms with Gasteiger partial charge in [0.1, 0.15) is 24.1 Å². The zero-order valence-corrected chi connectivity index (χ0v) is 10.1. The summed E-state index contributed by atoms with van der Waals surface area (Å²) in [5.41, 5.74) is 6.08. The molecule has 0 radical (unpaired) electrons. The monoisotopic (exact) mass is 271 g/mol. The van der Waals surface area contributed by atoms with Gasteiger partial charge in [0, 0.05) is 5.69 Å². The van der Waals surface area contributed by atoms with Crippen molar-refractivity contribution in [3.05, 3.63) is 24.3 Å². The number of nitrogens with two attached hydrogens (primary N) is 1. The van der Waals surface area contributed by atoms with Crippen LogP contribution in [0.3, 0.4) is 0 Å². The number of rotatable bonds is 3. The minimum absolute atomic E-state index is 0.371. The number of aliphatic hydroxyl groups excluding tert-OH is 4. The summed E-state index contributed by atoms with van der Waals surface area (Å²) in [6.07, 6.45) is -6.36. The van der Waals surface area contributed by atoms with Crippen LogP contribution in [0.5, 0.6) is 5.75 Å². The Morgan fingerprint density at radius 2 is 1.74 bits per heavy atom. The molecule has 2 rings (SSSR count). The van der Waals surface area contributed by atoms with Crippen LogP contribution in [0.25, 0.3) is 0 Å². The van der Waals surface area contributed by atoms with Crippen molar-refractivity contribution in [3.63, 3.8) is 0 Å². The van der Waals surface area contributed by atoms with Crippen molar-refractivity contribution in [3.8, 4) is 5.75 Å². The van der Waals surface area contributed by atoms with E-state index in [1.807, 2.05) is 0 Å². The Bertz CT molecular complexity index is 411. The molecule has 0 amide bonds. The van der Waals surface area contributed by atoms with Gasteiger partial charge in [0.25, 0.3) is 0 Å². The van der Waals surface area contributed by atoms with Crippen LogP contribution >= 0.6 is 0 Å². The third-order valence-corrected chi connectivity index (χ3v) is 2.99. The molecule has 1 fully saturated rings. The Kier molecular flexibility index (Phi) is 4.23. The lowest BCUT2D eigenvalue weighted by Crippen LogP contribution is -2.60. The number of anilines is 1. The summed E-state index contributed by atoms with van der Waals surface area (Å²) in [6, 6.07) is 6.34. The van der Waals surface area contributed by atoms with Crippen molar-refractivity contribution in [1.82, 2.24) is 0 Å². The average Bonchev–Trinajstić information content (AvgIpc) is 2.41. The molecular weight excluding hydrogens is 254 g/mol. The van der Waals surface area contributed by atoms with Crippen molar-refractivity contribution in [2.75, 3.05) is 12.3 Å². The Morgan fingerprint density at radius 3 is 2.32 bits per heavy atom. The lowest BCUT2D eigenvalue weighted by molar-refractivity contribution is -0.280. The molecule has 1 aromatic rings. The van der Waals surface area contributed by atoms with E-state index in [1.54, 1.807) is 24.3 Å². The van der Waals surface area contributed by atoms with E-state index in [2.05, 4.69) is 0 Å². The van der Waals surface area contributed by atoms with Gasteiger partial charge in [0.15, 0.2) is 12.4 Å². The molecule has 6 N–H and O–H groups in total. The van der Waals surface area contributed by atoms with Gasteiger partial charge in [0.2, 0.25) is 0 Å². The predicted molar refractivity (Wildman–Crippen MR) is 65.2 cm³/mol. The predicted octanol–water partition coefficient (Wildman–Crippen LogP) is -1.55. The zero-order valence-electron chi connectivity index (χ0n) is 10.1. The quantitative estimate of drug-likeness (QED) is 0.421. The van der Waals surface area contributed by atoms with E-state index in [1.165, 1.54) is 0 Å². The zero-order chi connectivity index (χ0) is 14.0. The third-order valence-electron chi connectivity index (χ3n) is 2.99. The fourth-order valence-corrected chi connectivity index (χ4v) is 1.90. The van der Waals surface area contributed by atoms with Gasteiger partial charge in [-0.15, -0.1) is 0 Å². The van der Waals surface area contributed by atoms with E-state index in [0.717, 1.165) is 0 Å². The summed E-state index contributed by atoms with van der Waals surface area (Å²) in [5.74, 6) is 0.371. The molecule has 1 heterocycles. The number of ether oxygens (including phenoxy) is 2. The third kappa shape index (κ3) is 2.96. The Hall–Kier alpha value is -1.38. The van der Waals surface area contributed by atoms with Gasteiger partial charge in [-0.05, 0) is 24.3 Å². The molecule has 1 saturated heterocycles. The molecule has 0 saturated carbocycles. The standard InChI is InChI=1S/C12H17NO6/c13-6-1-3-7(4-2-6)18-11-10(16)9(15)8(5-14)19-12(11)17/h1-4,8-12,14-17H,5,13H2. The summed E-state index contributed by atoms with van der Waals surface area (Å²) in [5, 5.41) is 38.2. The molecule has 106 valence electrons. The molecule has 5 unspecified atom stereocenters. The first-order valence-electron chi connectivity index (χ1n) is 5.85. The van der Waals surface area contributed by atoms with E-state index < -0.39 is 37.3 Å². The van der Waals surface area contributed by atoms with Crippen LogP contribution < -0.4 is 10.5 Å². The van der Waals surface area contributed by atoms with Crippen LogP contribution in [0.2, 0.25) is 0 Å². The van der Waals surface area contributed by atoms with Gasteiger partial charge in [-0.25, -0.2) is 0 Å². The van der Waals surface area contributed by atoms with Gasteiger partial charge >= 0.3 is 0 Å². The summed E-state index contributed by atoms with van der Waals surface area (Å²) in [7, 11) is 0. The number of hydrogen-bond donors (Lipinski definition) is 5. The first-order chi connectivity index (χ1) is 9.02. The van der Waals surface area contributed by atoms with E-state index in [0.29, 0.717) is 11.4 Å². The highest BCUT2D eigenvalue weighted by molar-refractivity contribution is 5.41. The van der Waals surface area contributed by atoms with Crippen molar-refractivity contribution >= 4 is 5.69 Å². The maximum Gasteiger partial charge on any atom is 0.195 e. The van der Waals surface area contributed by atoms with Crippen LogP contribution in [0.1, 0.15) is 0 Å². The van der Waals surface area contributed by atoms with Crippen molar-refractivity contribution in [2.24, 2.45) is 0 Å². The first kappa shape index (κ1) is 14.0. The highest BCUT2D eigenvalue weighted by Crippen LogP contribution is 2.24. The second-order valence-corrected chi connectivity index (χ2v) is 4.38. The number of aliphatic hydroxyl groups is 4. The lowest BCUT2D eigenvalue weighted by Gasteiger charge is -2.39. The maximum atomic E-state index is 9.87. The fourth-order valence-electron chi connectivity index (χ4n) is 1.90. The molecule has 5 atom stereocenters. The molecular formula is C12H17NO6. The van der Waals surface area contributed by atoms with Crippen LogP contribution in [0, 0.1) is 0 Å². The second-order valence-electron chi connectivity index (χ2n) is 4.38. The molecule has 0 bridgehead atoms. The maximum absolute atomic E-state index is 9.87. The van der Waals surface area contributed by atoms with Crippen molar-refractivity contribution in [1.29, 1.82) is 0 Å². The number of hydrogen-bond acceptors (Lipinski definition) is 7. The van der Waals surface area contributed by atoms with Crippen molar-refractivity contribution in [2.45, 2.75) is 30.7 Å². The molecule has 1 aliphatic heterocycles. The molecule has 19 heavy (non-hydrogen) atoms. The Balaban J connectivity index is 2.09. The fraction of sp³-hybridized carbons (Fsp3) is 0.500. The SMILES string of the molecule is Nc1ccc(OC2C(O)OC(CO)C(O)C2O)cc1. The molecule has 0 spiro atoms. The summed E-state index contributed by atoms with van der Waals surface area (Å²) < 4.78 is 10.3. The van der Waals surface area contributed by atoms with E-state index in [9.17, 15) is 15.3 Å². The molecule has 1 aliphatic rings. The minimum atomic E-state index is -1.45. The van der Waals surface area contributed by atoms with E-state index in [-0.39, 0.29) is 0 Å². The van der Waals surface area contributed by atoms with Gasteiger partial charge < -0.3 is 35.6 Å². The summed E-state index contributed by atoms with van der Waals surface area (Å²) >= 11 is 0. The lowest BCUT2D eigenvalue weighted by atomic mass is 9.99. The van der Waals surface area contributed by atoms with Crippen LogP contribution in [-0.4, -0.2) is 57.7 Å². The average molecular weight is 271 g/mol. The Labute approximate surface area is 109 Å². The molecule has 1 aromatic carbocycles. The summed E-state index contributed by atoms with van der Waals surface area (Å²) in [4.78, 5) is 0. The van der Waals surface area contributed by atoms with Crippen LogP contribution in [0.4, 0.5) is 5.69 Å². The smallest absolute Gasteiger partial charge is 0.195 e. The molecule has 7 heteroatoms. The topological polar surface area (TPSA) is 125 Å². The van der Waals surface area contributed by atoms with Gasteiger partial charge in [-0.3, -0.25) is 0 Å². The van der Waals surface area contributed by atoms with E-state index in [4.69, 9.17) is 20.3 Å². The highest BCUT2D eigenvalue weighted by Gasteiger charge is 2.45. The van der Waals surface area contributed by atoms with Crippen LogP contribution in [-0.2, 0) is 4.74 Å². The van der Waals surface area contributed by atoms with Gasteiger partial charge in [-0.2, -0.15) is 0 Å². The molecule has 7 nitrogen and oxygen atoms in total. The minimum Gasteiger partial charge on any atom is -0.482 e. The van der Waals surface area contributed by atoms with Gasteiger partial charge in [0.05, 0.1) is 6.61 Å². The Morgan fingerprint density at radius 1 is 1.11 bits per heavy atom. The van der Waals surface area contributed by atoms with E-state index >= 15 is 0 Å². The largest absolute Gasteiger partial charge is 0.482 e. The second kappa shape index (κ2) is 5.72. The van der Waals surface area contributed by atoms with Crippen LogP contribution in [0.15, 0.2) is 24.3 Å². The molecule has 0 aromatic heterocycles. The highest BCUT2D eigenvalue weighted by atomic mass is 16.7. The molecule has 0 aliphatic carbocycles. The normalized spacial score (nSPS) is 35.1. The number of benzene rings is 1. The first-order valence-corrected chi connectivity index (χ1v) is 5.85. The van der Waals surface area contributed by atoms with Gasteiger partial charge in [-0.1, -0.05) is 0 Å². The van der Waals surface area contributed by atoms with Crippen molar-refractivity contribution < 1.29 is 29.9 Å².